The number of aliphatic carboxylic acids is 1. The van der Waals surface area contributed by atoms with Crippen LogP contribution in [-0.2, 0) is 14.4 Å². The van der Waals surface area contributed by atoms with Gasteiger partial charge in [0.15, 0.2) is 11.6 Å². The van der Waals surface area contributed by atoms with E-state index in [1.807, 2.05) is 26.8 Å². The third kappa shape index (κ3) is 4.82. The summed E-state index contributed by atoms with van der Waals surface area (Å²) in [5.74, 6) is -0.815. The number of nitriles is 1. The van der Waals surface area contributed by atoms with E-state index in [0.29, 0.717) is 25.7 Å². The first-order valence-corrected chi connectivity index (χ1v) is 14.5. The molecule has 1 fully saturated rings. The molecule has 38 heavy (non-hydrogen) atoms. The van der Waals surface area contributed by atoms with Gasteiger partial charge in [-0.3, -0.25) is 14.4 Å². The summed E-state index contributed by atoms with van der Waals surface area (Å²) in [4.78, 5) is 39.0. The molecule has 0 radical (unpaired) electrons. The van der Waals surface area contributed by atoms with Crippen molar-refractivity contribution in [3.05, 3.63) is 23.3 Å². The monoisotopic (exact) mass is 523 g/mol. The molecule has 1 saturated carbocycles. The molecular weight excluding hydrogens is 474 g/mol. The molecule has 0 aliphatic heterocycles. The second-order valence-corrected chi connectivity index (χ2v) is 15.0. The van der Waals surface area contributed by atoms with Crippen molar-refractivity contribution in [3.8, 4) is 6.07 Å². The lowest BCUT2D eigenvalue weighted by atomic mass is 9.40. The van der Waals surface area contributed by atoms with Crippen molar-refractivity contribution in [3.63, 3.8) is 0 Å². The van der Waals surface area contributed by atoms with E-state index in [0.717, 1.165) is 37.7 Å². The zero-order valence-electron chi connectivity index (χ0n) is 25.2. The van der Waals surface area contributed by atoms with Gasteiger partial charge in [-0.15, -0.1) is 0 Å². The molecule has 0 spiro atoms. The minimum atomic E-state index is -0.858. The highest BCUT2D eigenvalue weighted by molar-refractivity contribution is 6.04. The van der Waals surface area contributed by atoms with Gasteiger partial charge in [0.05, 0.1) is 11.0 Å². The maximum Gasteiger partial charge on any atom is 0.309 e. The van der Waals surface area contributed by atoms with E-state index >= 15 is 0 Å². The molecule has 1 N–H and O–H groups in total. The third-order valence-corrected chi connectivity index (χ3v) is 11.3. The summed E-state index contributed by atoms with van der Waals surface area (Å²) in [6.07, 6.45) is 10.5. The van der Waals surface area contributed by atoms with Gasteiger partial charge in [-0.25, -0.2) is 0 Å². The van der Waals surface area contributed by atoms with Crippen molar-refractivity contribution in [2.24, 2.45) is 38.4 Å². The summed E-state index contributed by atoms with van der Waals surface area (Å²) in [6.45, 7) is 18.9. The molecule has 5 heteroatoms. The fourth-order valence-corrected chi connectivity index (χ4v) is 8.30. The topological polar surface area (TPSA) is 95.2 Å². The zero-order valence-corrected chi connectivity index (χ0v) is 25.2. The highest BCUT2D eigenvalue weighted by atomic mass is 16.4. The van der Waals surface area contributed by atoms with Crippen LogP contribution >= 0.6 is 0 Å². The molecule has 0 aromatic carbocycles. The van der Waals surface area contributed by atoms with Crippen LogP contribution in [0.3, 0.4) is 0 Å². The number of Topliss-reactive ketones (excluding diaryl/α,β-unsaturated/α-hetero) is 1. The zero-order chi connectivity index (χ0) is 28.9. The average Bonchev–Trinajstić information content (AvgIpc) is 2.80. The number of carboxylic acids is 1. The first-order valence-electron chi connectivity index (χ1n) is 14.5. The second-order valence-electron chi connectivity index (χ2n) is 15.0. The fraction of sp³-hybridized carbons (Fsp3) is 0.758. The van der Waals surface area contributed by atoms with E-state index in [9.17, 15) is 24.8 Å². The number of carboxylic acid groups (broad SMARTS) is 1. The Morgan fingerprint density at radius 2 is 1.71 bits per heavy atom. The lowest BCUT2D eigenvalue weighted by Gasteiger charge is -2.63. The van der Waals surface area contributed by atoms with Crippen molar-refractivity contribution < 1.29 is 19.5 Å². The van der Waals surface area contributed by atoms with Crippen molar-refractivity contribution in [2.45, 2.75) is 120 Å². The Balaban J connectivity index is 1.98. The van der Waals surface area contributed by atoms with E-state index in [1.54, 1.807) is 6.08 Å². The van der Waals surface area contributed by atoms with Gasteiger partial charge in [-0.05, 0) is 80.1 Å². The molecule has 3 aliphatic rings. The number of hydrogen-bond acceptors (Lipinski definition) is 4. The highest BCUT2D eigenvalue weighted by Crippen LogP contribution is 2.69. The first-order chi connectivity index (χ1) is 17.3. The number of allylic oxidation sites excluding steroid dienone is 4. The predicted molar refractivity (Wildman–Crippen MR) is 150 cm³/mol. The Hall–Kier alpha value is -2.22. The van der Waals surface area contributed by atoms with Crippen LogP contribution in [0.5, 0.6) is 0 Å². The second kappa shape index (κ2) is 9.76. The molecule has 0 bridgehead atoms. The van der Waals surface area contributed by atoms with Gasteiger partial charge in [-0.1, -0.05) is 73.5 Å². The van der Waals surface area contributed by atoms with Crippen LogP contribution in [0.25, 0.3) is 0 Å². The molecule has 0 heterocycles. The molecule has 0 aromatic rings. The average molecular weight is 524 g/mol. The Bertz CT molecular complexity index is 1120. The quantitative estimate of drug-likeness (QED) is 0.332. The number of carbonyl (C=O) groups excluding carboxylic acids is 2. The number of nitrogens with zero attached hydrogens (tertiary/aromatic N) is 1. The van der Waals surface area contributed by atoms with E-state index in [2.05, 4.69) is 47.6 Å². The summed E-state index contributed by atoms with van der Waals surface area (Å²) >= 11 is 0. The normalized spacial score (nSPS) is 34.3. The molecule has 0 saturated heterocycles. The lowest BCUT2D eigenvalue weighted by Crippen LogP contribution is -2.57. The molecule has 210 valence electrons. The van der Waals surface area contributed by atoms with Gasteiger partial charge in [0.25, 0.3) is 0 Å². The number of carbonyl (C=O) groups is 3. The molecule has 0 unspecified atom stereocenters. The Kier molecular flexibility index (Phi) is 7.79. The Labute approximate surface area is 230 Å². The van der Waals surface area contributed by atoms with Gasteiger partial charge in [0.1, 0.15) is 6.07 Å². The van der Waals surface area contributed by atoms with Gasteiger partial charge < -0.3 is 5.11 Å². The largest absolute Gasteiger partial charge is 0.481 e. The van der Waals surface area contributed by atoms with Gasteiger partial charge in [-0.2, -0.15) is 5.26 Å². The van der Waals surface area contributed by atoms with E-state index < -0.39 is 27.6 Å². The maximum absolute atomic E-state index is 13.3. The summed E-state index contributed by atoms with van der Waals surface area (Å²) in [6, 6.07) is 2.13. The molecule has 5 nitrogen and oxygen atoms in total. The van der Waals surface area contributed by atoms with Gasteiger partial charge in [0.2, 0.25) is 0 Å². The number of fused-ring (bicyclic) bond motifs is 3. The van der Waals surface area contributed by atoms with E-state index in [1.165, 1.54) is 0 Å². The first kappa shape index (κ1) is 30.3. The van der Waals surface area contributed by atoms with Crippen molar-refractivity contribution in [2.75, 3.05) is 0 Å². The summed E-state index contributed by atoms with van der Waals surface area (Å²) in [7, 11) is 0. The van der Waals surface area contributed by atoms with Crippen LogP contribution in [0, 0.1) is 49.7 Å². The third-order valence-electron chi connectivity index (χ3n) is 11.3. The van der Waals surface area contributed by atoms with Gasteiger partial charge in [0, 0.05) is 17.3 Å². The van der Waals surface area contributed by atoms with E-state index in [-0.39, 0.29) is 33.9 Å². The molecule has 0 aromatic heterocycles. The van der Waals surface area contributed by atoms with Crippen molar-refractivity contribution in [1.29, 1.82) is 5.26 Å². The standard InChI is InChI=1S/C33H49NO4/c1-10-12-28(2,3)14-15-30(6,27(37)38)16-17-31(7)20-23(35)18-25-32(8)19-22(21-34)26(36)29(4,5)24(32)11-13-33(25,31)9/h18-19,24H,10-17,20H2,1-9H3,(H,37,38)/t24-,30-,31+,32-,33+/m0/s1. The molecule has 3 rings (SSSR count). The smallest absolute Gasteiger partial charge is 0.309 e. The Morgan fingerprint density at radius 3 is 2.26 bits per heavy atom. The fourth-order valence-electron chi connectivity index (χ4n) is 8.30. The SMILES string of the molecule is CCCC(C)(C)CC[C@@](C)(CC[C@]1(C)CC(=O)C=C2[C@@]3(C)C=C(C#N)C(=O)C(C)(C)[C@@H]3CC[C@]21C)C(=O)O. The molecule has 5 atom stereocenters. The predicted octanol–water partition coefficient (Wildman–Crippen LogP) is 7.85. The maximum atomic E-state index is 13.3. The van der Waals surface area contributed by atoms with Crippen LogP contribution in [0.15, 0.2) is 23.3 Å². The number of ketones is 2. The molecular formula is C33H49NO4. The summed E-state index contributed by atoms with van der Waals surface area (Å²) in [5.41, 5.74) is -1.57. The molecule has 3 aliphatic carbocycles. The van der Waals surface area contributed by atoms with Crippen LogP contribution in [0.2, 0.25) is 0 Å². The Morgan fingerprint density at radius 1 is 1.08 bits per heavy atom. The summed E-state index contributed by atoms with van der Waals surface area (Å²) in [5, 5.41) is 20.1. The number of rotatable bonds is 9. The van der Waals surface area contributed by atoms with Crippen molar-refractivity contribution >= 4 is 17.5 Å². The van der Waals surface area contributed by atoms with Crippen LogP contribution in [0.4, 0.5) is 0 Å². The van der Waals surface area contributed by atoms with E-state index in [4.69, 9.17) is 0 Å². The van der Waals surface area contributed by atoms with Crippen molar-refractivity contribution in [1.82, 2.24) is 0 Å². The minimum Gasteiger partial charge on any atom is -0.481 e. The number of hydrogen-bond donors (Lipinski definition) is 1. The van der Waals surface area contributed by atoms with Gasteiger partial charge >= 0.3 is 5.97 Å². The highest BCUT2D eigenvalue weighted by Gasteiger charge is 2.63. The molecule has 0 amide bonds. The van der Waals surface area contributed by atoms with Crippen LogP contribution < -0.4 is 0 Å². The lowest BCUT2D eigenvalue weighted by molar-refractivity contribution is -0.150. The minimum absolute atomic E-state index is 0.000780. The van der Waals surface area contributed by atoms with Crippen LogP contribution in [-0.4, -0.2) is 22.6 Å². The summed E-state index contributed by atoms with van der Waals surface area (Å²) < 4.78 is 0. The van der Waals surface area contributed by atoms with Crippen LogP contribution in [0.1, 0.15) is 120 Å².